The maximum Gasteiger partial charge on any atom is 0.254 e. The van der Waals surface area contributed by atoms with Crippen LogP contribution in [0.1, 0.15) is 34.8 Å². The summed E-state index contributed by atoms with van der Waals surface area (Å²) in [4.78, 5) is 18.6. The summed E-state index contributed by atoms with van der Waals surface area (Å²) in [7, 11) is 0. The van der Waals surface area contributed by atoms with Gasteiger partial charge in [0.15, 0.2) is 0 Å². The highest BCUT2D eigenvalue weighted by atomic mass is 35.5. The maximum atomic E-state index is 12.6. The lowest BCUT2D eigenvalue weighted by atomic mass is 10.1. The van der Waals surface area contributed by atoms with Crippen LogP contribution in [0.25, 0.3) is 0 Å². The Bertz CT molecular complexity index is 598. The fourth-order valence-electron chi connectivity index (χ4n) is 2.69. The summed E-state index contributed by atoms with van der Waals surface area (Å²) in [6.07, 6.45) is 3.76. The maximum absolute atomic E-state index is 12.6. The van der Waals surface area contributed by atoms with Gasteiger partial charge in [0.2, 0.25) is 0 Å². The van der Waals surface area contributed by atoms with E-state index in [0.717, 1.165) is 30.5 Å². The third-order valence-electron chi connectivity index (χ3n) is 3.67. The molecule has 4 heteroatoms. The van der Waals surface area contributed by atoms with Gasteiger partial charge in [-0.15, -0.1) is 0 Å². The van der Waals surface area contributed by atoms with Crippen LogP contribution in [0.15, 0.2) is 48.7 Å². The van der Waals surface area contributed by atoms with E-state index in [2.05, 4.69) is 4.98 Å². The molecule has 1 aliphatic rings. The number of likely N-dealkylation sites (tertiary alicyclic amines) is 1. The van der Waals surface area contributed by atoms with Crippen LogP contribution in [0, 0.1) is 0 Å². The van der Waals surface area contributed by atoms with Crippen LogP contribution in [-0.2, 0) is 0 Å². The zero-order valence-corrected chi connectivity index (χ0v) is 11.8. The van der Waals surface area contributed by atoms with Crippen molar-refractivity contribution in [3.05, 3.63) is 64.9 Å². The van der Waals surface area contributed by atoms with E-state index in [4.69, 9.17) is 11.6 Å². The lowest BCUT2D eigenvalue weighted by molar-refractivity contribution is 0.0735. The molecule has 0 spiro atoms. The molecule has 102 valence electrons. The van der Waals surface area contributed by atoms with Crippen LogP contribution in [0.5, 0.6) is 0 Å². The number of pyridine rings is 1. The van der Waals surface area contributed by atoms with E-state index in [9.17, 15) is 4.79 Å². The second kappa shape index (κ2) is 5.63. The lowest BCUT2D eigenvalue weighted by Gasteiger charge is -2.25. The average Bonchev–Trinajstić information content (AvgIpc) is 2.97. The van der Waals surface area contributed by atoms with Gasteiger partial charge in [0.05, 0.1) is 6.04 Å². The Morgan fingerprint density at radius 1 is 1.20 bits per heavy atom. The Morgan fingerprint density at radius 2 is 2.00 bits per heavy atom. The summed E-state index contributed by atoms with van der Waals surface area (Å²) in [6.45, 7) is 0.793. The quantitative estimate of drug-likeness (QED) is 0.789. The largest absolute Gasteiger partial charge is 0.332 e. The molecule has 1 saturated heterocycles. The van der Waals surface area contributed by atoms with Crippen LogP contribution >= 0.6 is 11.6 Å². The molecular formula is C16H15ClN2O. The Morgan fingerprint density at radius 3 is 2.70 bits per heavy atom. The van der Waals surface area contributed by atoms with Crippen molar-refractivity contribution in [3.8, 4) is 0 Å². The number of halogens is 1. The van der Waals surface area contributed by atoms with Gasteiger partial charge >= 0.3 is 0 Å². The highest BCUT2D eigenvalue weighted by molar-refractivity contribution is 6.29. The summed E-state index contributed by atoms with van der Waals surface area (Å²) < 4.78 is 0. The second-order valence-corrected chi connectivity index (χ2v) is 5.32. The molecule has 1 atom stereocenters. The Kier molecular flexibility index (Phi) is 3.70. The molecule has 1 aromatic heterocycles. The number of aromatic nitrogens is 1. The molecule has 2 aromatic rings. The van der Waals surface area contributed by atoms with Crippen molar-refractivity contribution in [3.63, 3.8) is 0 Å². The number of carbonyl (C=O) groups excluding carboxylic acids is 1. The number of amides is 1. The van der Waals surface area contributed by atoms with Crippen molar-refractivity contribution in [1.82, 2.24) is 9.88 Å². The van der Waals surface area contributed by atoms with Crippen molar-refractivity contribution in [2.45, 2.75) is 18.9 Å². The van der Waals surface area contributed by atoms with E-state index in [0.29, 0.717) is 5.15 Å². The zero-order chi connectivity index (χ0) is 13.9. The van der Waals surface area contributed by atoms with Crippen LogP contribution in [-0.4, -0.2) is 22.3 Å². The predicted molar refractivity (Wildman–Crippen MR) is 78.7 cm³/mol. The molecule has 1 fully saturated rings. The van der Waals surface area contributed by atoms with Crippen LogP contribution in [0.4, 0.5) is 0 Å². The van der Waals surface area contributed by atoms with E-state index in [-0.39, 0.29) is 11.9 Å². The van der Waals surface area contributed by atoms with Crippen molar-refractivity contribution in [2.24, 2.45) is 0 Å². The minimum Gasteiger partial charge on any atom is -0.332 e. The molecule has 20 heavy (non-hydrogen) atoms. The molecule has 1 amide bonds. The molecule has 3 rings (SSSR count). The van der Waals surface area contributed by atoms with E-state index < -0.39 is 0 Å². The van der Waals surface area contributed by atoms with E-state index >= 15 is 0 Å². The monoisotopic (exact) mass is 286 g/mol. The van der Waals surface area contributed by atoms with Crippen LogP contribution < -0.4 is 0 Å². The minimum atomic E-state index is 0.0862. The first-order valence-corrected chi connectivity index (χ1v) is 7.11. The Balaban J connectivity index is 1.86. The molecule has 0 bridgehead atoms. The van der Waals surface area contributed by atoms with E-state index in [1.165, 1.54) is 0 Å². The number of rotatable bonds is 2. The number of nitrogens with zero attached hydrogens (tertiary/aromatic N) is 2. The van der Waals surface area contributed by atoms with Gasteiger partial charge in [-0.3, -0.25) is 4.79 Å². The Labute approximate surface area is 123 Å². The first-order valence-electron chi connectivity index (χ1n) is 6.73. The van der Waals surface area contributed by atoms with E-state index in [1.807, 2.05) is 41.3 Å². The SMILES string of the molecule is O=C(c1ccccc1)N1CCC[C@@H]1c1ccc(Cl)nc1. The number of hydrogen-bond acceptors (Lipinski definition) is 2. The minimum absolute atomic E-state index is 0.0862. The fraction of sp³-hybridized carbons (Fsp3) is 0.250. The van der Waals surface area contributed by atoms with Crippen molar-refractivity contribution >= 4 is 17.5 Å². The molecule has 0 saturated carbocycles. The fourth-order valence-corrected chi connectivity index (χ4v) is 2.80. The van der Waals surface area contributed by atoms with Crippen molar-refractivity contribution < 1.29 is 4.79 Å². The summed E-state index contributed by atoms with van der Waals surface area (Å²) in [5, 5.41) is 0.479. The molecule has 0 unspecified atom stereocenters. The summed E-state index contributed by atoms with van der Waals surface area (Å²) in [6, 6.07) is 13.3. The van der Waals surface area contributed by atoms with Gasteiger partial charge < -0.3 is 4.90 Å². The first kappa shape index (κ1) is 13.1. The van der Waals surface area contributed by atoms with Crippen molar-refractivity contribution in [1.29, 1.82) is 0 Å². The molecule has 2 heterocycles. The van der Waals surface area contributed by atoms with Crippen LogP contribution in [0.2, 0.25) is 5.15 Å². The highest BCUT2D eigenvalue weighted by Crippen LogP contribution is 2.33. The number of hydrogen-bond donors (Lipinski definition) is 0. The smallest absolute Gasteiger partial charge is 0.254 e. The topological polar surface area (TPSA) is 33.2 Å². The molecule has 0 aliphatic carbocycles. The van der Waals surface area contributed by atoms with Gasteiger partial charge in [-0.2, -0.15) is 0 Å². The Hall–Kier alpha value is -1.87. The van der Waals surface area contributed by atoms with Crippen LogP contribution in [0.3, 0.4) is 0 Å². The van der Waals surface area contributed by atoms with Gasteiger partial charge in [0.1, 0.15) is 5.15 Å². The highest BCUT2D eigenvalue weighted by Gasteiger charge is 2.30. The lowest BCUT2D eigenvalue weighted by Crippen LogP contribution is -2.30. The van der Waals surface area contributed by atoms with Crippen molar-refractivity contribution in [2.75, 3.05) is 6.54 Å². The third kappa shape index (κ3) is 2.54. The summed E-state index contributed by atoms with van der Waals surface area (Å²) in [5.74, 6) is 0.0862. The van der Waals surface area contributed by atoms with Gasteiger partial charge in [-0.1, -0.05) is 35.9 Å². The first-order chi connectivity index (χ1) is 9.75. The summed E-state index contributed by atoms with van der Waals surface area (Å²) in [5.41, 5.74) is 1.79. The van der Waals surface area contributed by atoms with Gasteiger partial charge in [0, 0.05) is 18.3 Å². The second-order valence-electron chi connectivity index (χ2n) is 4.94. The molecule has 3 nitrogen and oxygen atoms in total. The van der Waals surface area contributed by atoms with E-state index in [1.54, 1.807) is 12.3 Å². The molecule has 1 aromatic carbocycles. The molecule has 0 radical (unpaired) electrons. The molecule has 1 aliphatic heterocycles. The number of carbonyl (C=O) groups is 1. The van der Waals surface area contributed by atoms with Gasteiger partial charge in [-0.25, -0.2) is 4.98 Å². The predicted octanol–water partition coefficient (Wildman–Crippen LogP) is 3.71. The summed E-state index contributed by atoms with van der Waals surface area (Å²) >= 11 is 5.82. The molecule has 0 N–H and O–H groups in total. The molecular weight excluding hydrogens is 272 g/mol. The number of benzene rings is 1. The normalized spacial score (nSPS) is 18.2. The zero-order valence-electron chi connectivity index (χ0n) is 11.0. The van der Waals surface area contributed by atoms with Gasteiger partial charge in [0.25, 0.3) is 5.91 Å². The standard InChI is InChI=1S/C16H15ClN2O/c17-15-9-8-13(11-18-15)14-7-4-10-19(14)16(20)12-5-2-1-3-6-12/h1-3,5-6,8-9,11,14H,4,7,10H2/t14-/m1/s1. The van der Waals surface area contributed by atoms with Gasteiger partial charge in [-0.05, 0) is 36.6 Å². The average molecular weight is 287 g/mol. The third-order valence-corrected chi connectivity index (χ3v) is 3.89.